The molecule has 0 saturated carbocycles. The summed E-state index contributed by atoms with van der Waals surface area (Å²) in [6.07, 6.45) is -4.83. The maximum absolute atomic E-state index is 13.9. The van der Waals surface area contributed by atoms with E-state index in [9.17, 15) is 47.0 Å². The van der Waals surface area contributed by atoms with Crippen LogP contribution in [0.5, 0.6) is 5.75 Å². The summed E-state index contributed by atoms with van der Waals surface area (Å²) in [6, 6.07) is 7.39. The van der Waals surface area contributed by atoms with Crippen molar-refractivity contribution in [1.82, 2.24) is 10.2 Å². The molecule has 1 heterocycles. The van der Waals surface area contributed by atoms with Crippen LogP contribution >= 0.6 is 0 Å². The Bertz CT molecular complexity index is 1460. The van der Waals surface area contributed by atoms with Crippen molar-refractivity contribution >= 4 is 21.6 Å². The number of hydrogen-bond acceptors (Lipinski definition) is 9. The van der Waals surface area contributed by atoms with E-state index in [0.717, 1.165) is 47.5 Å². The largest absolute Gasteiger partial charge is 0.418 e. The molecule has 0 saturated heterocycles. The molecular formula is C21H14F3N5O6S. The molecule has 0 spiro atoms. The van der Waals surface area contributed by atoms with Crippen molar-refractivity contribution in [1.29, 1.82) is 10.5 Å². The fraction of sp³-hybridized carbons (Fsp3) is 0.190. The normalized spacial score (nSPS) is 15.7. The Morgan fingerprint density at radius 3 is 2.33 bits per heavy atom. The summed E-state index contributed by atoms with van der Waals surface area (Å²) in [6.45, 7) is -0.397. The summed E-state index contributed by atoms with van der Waals surface area (Å²) in [5, 5.41) is 32.2. The van der Waals surface area contributed by atoms with E-state index < -0.39 is 61.3 Å². The van der Waals surface area contributed by atoms with Gasteiger partial charge in [0.15, 0.2) is 9.84 Å². The Balaban J connectivity index is 2.18. The lowest BCUT2D eigenvalue weighted by Gasteiger charge is -2.35. The second-order valence-corrected chi connectivity index (χ2v) is 9.31. The lowest BCUT2D eigenvalue weighted by Crippen LogP contribution is -2.46. The maximum atomic E-state index is 13.9. The van der Waals surface area contributed by atoms with Gasteiger partial charge in [-0.1, -0.05) is 6.07 Å². The zero-order valence-electron chi connectivity index (χ0n) is 18.1. The Morgan fingerprint density at radius 2 is 1.83 bits per heavy atom. The lowest BCUT2D eigenvalue weighted by atomic mass is 9.93. The number of nitrogens with one attached hydrogen (secondary N) is 1. The van der Waals surface area contributed by atoms with Gasteiger partial charge in [0.05, 0.1) is 45.3 Å². The summed E-state index contributed by atoms with van der Waals surface area (Å²) in [5.74, 6) is -0.156. The predicted octanol–water partition coefficient (Wildman–Crippen LogP) is 3.40. The van der Waals surface area contributed by atoms with Crippen LogP contribution in [0.4, 0.5) is 23.7 Å². The van der Waals surface area contributed by atoms with Gasteiger partial charge in [0, 0.05) is 24.6 Å². The van der Waals surface area contributed by atoms with Crippen molar-refractivity contribution in [2.24, 2.45) is 0 Å². The minimum Gasteiger partial charge on any atom is -0.410 e. The summed E-state index contributed by atoms with van der Waals surface area (Å²) in [7, 11) is -4.65. The molecule has 1 atom stereocenters. The first-order valence-electron chi connectivity index (χ1n) is 9.70. The van der Waals surface area contributed by atoms with Crippen molar-refractivity contribution in [3.63, 3.8) is 0 Å². The van der Waals surface area contributed by atoms with E-state index >= 15 is 0 Å². The lowest BCUT2D eigenvalue weighted by molar-refractivity contribution is -0.384. The van der Waals surface area contributed by atoms with E-state index in [1.807, 2.05) is 0 Å². The number of benzene rings is 2. The van der Waals surface area contributed by atoms with Gasteiger partial charge in [0.1, 0.15) is 11.8 Å². The molecule has 1 aliphatic heterocycles. The number of rotatable bonds is 4. The minimum absolute atomic E-state index is 0.156. The molecule has 3 rings (SSSR count). The van der Waals surface area contributed by atoms with Crippen molar-refractivity contribution in [2.75, 3.05) is 12.9 Å². The number of non-ortho nitro benzene ring substituents is 1. The SMILES string of the molecule is CS(=O)(=O)c1c([C@@H]2C(C#N)=CNCN2C(=O)Oc2ccc([N+](=O)[O-])cc2)ccc(C#N)c1C(F)(F)F. The standard InChI is InChI=1S/C21H14F3N5O6S/c1-36(33,34)19-16(7-2-12(8-25)17(19)21(22,23)24)18-13(9-26)10-27-11-28(18)20(30)35-15-5-3-14(4-6-15)29(31)32/h2-7,10,18,27H,11H2,1H3/t18-/m0/s1. The fourth-order valence-electron chi connectivity index (χ4n) is 3.57. The quantitative estimate of drug-likeness (QED) is 0.468. The highest BCUT2D eigenvalue weighted by Gasteiger charge is 2.44. The Morgan fingerprint density at radius 1 is 1.19 bits per heavy atom. The number of amides is 1. The van der Waals surface area contributed by atoms with Gasteiger partial charge in [-0.05, 0) is 23.8 Å². The molecule has 0 radical (unpaired) electrons. The van der Waals surface area contributed by atoms with Gasteiger partial charge < -0.3 is 10.1 Å². The van der Waals surface area contributed by atoms with Crippen molar-refractivity contribution in [3.8, 4) is 17.9 Å². The van der Waals surface area contributed by atoms with E-state index in [0.29, 0.717) is 6.26 Å². The van der Waals surface area contributed by atoms with Gasteiger partial charge >= 0.3 is 12.3 Å². The summed E-state index contributed by atoms with van der Waals surface area (Å²) in [5.41, 5.74) is -3.85. The van der Waals surface area contributed by atoms with Crippen molar-refractivity contribution in [3.05, 3.63) is 75.0 Å². The maximum Gasteiger partial charge on any atom is 0.418 e. The molecule has 0 unspecified atom stereocenters. The highest BCUT2D eigenvalue weighted by Crippen LogP contribution is 2.43. The average molecular weight is 521 g/mol. The summed E-state index contributed by atoms with van der Waals surface area (Å²) in [4.78, 5) is 22.6. The predicted molar refractivity (Wildman–Crippen MR) is 115 cm³/mol. The first-order chi connectivity index (χ1) is 16.8. The number of hydrogen-bond donors (Lipinski definition) is 1. The van der Waals surface area contributed by atoms with Crippen LogP contribution in [0, 0.1) is 32.8 Å². The van der Waals surface area contributed by atoms with E-state index in [4.69, 9.17) is 4.74 Å². The number of nitrogens with zero attached hydrogens (tertiary/aromatic N) is 4. The number of halogens is 3. The number of ether oxygens (including phenoxy) is 1. The third-order valence-electron chi connectivity index (χ3n) is 5.00. The third-order valence-corrected chi connectivity index (χ3v) is 6.18. The number of nitro groups is 1. The number of alkyl halides is 3. The van der Waals surface area contributed by atoms with Gasteiger partial charge in [-0.15, -0.1) is 0 Å². The third kappa shape index (κ3) is 5.06. The van der Waals surface area contributed by atoms with Gasteiger partial charge in [-0.25, -0.2) is 13.2 Å². The molecule has 1 N–H and O–H groups in total. The molecule has 15 heteroatoms. The first-order valence-corrected chi connectivity index (χ1v) is 11.6. The van der Waals surface area contributed by atoms with E-state index in [1.165, 1.54) is 6.07 Å². The van der Waals surface area contributed by atoms with E-state index in [2.05, 4.69) is 5.32 Å². The molecule has 2 aromatic rings. The van der Waals surface area contributed by atoms with Crippen LogP contribution in [-0.2, 0) is 16.0 Å². The zero-order chi connectivity index (χ0) is 26.8. The van der Waals surface area contributed by atoms with Gasteiger partial charge in [-0.3, -0.25) is 15.0 Å². The van der Waals surface area contributed by atoms with Crippen molar-refractivity contribution < 1.29 is 36.0 Å². The van der Waals surface area contributed by atoms with E-state index in [-0.39, 0.29) is 17.0 Å². The Hall–Kier alpha value is -4.63. The van der Waals surface area contributed by atoms with E-state index in [1.54, 1.807) is 6.07 Å². The average Bonchev–Trinajstić information content (AvgIpc) is 2.81. The first kappa shape index (κ1) is 26.0. The number of carbonyl (C=O) groups excluding carboxylic acids is 1. The molecule has 0 fully saturated rings. The number of sulfone groups is 1. The van der Waals surface area contributed by atoms with Crippen LogP contribution in [0.1, 0.15) is 22.7 Å². The van der Waals surface area contributed by atoms with Gasteiger partial charge in [-0.2, -0.15) is 23.7 Å². The van der Waals surface area contributed by atoms with Gasteiger partial charge in [0.25, 0.3) is 5.69 Å². The smallest absolute Gasteiger partial charge is 0.410 e. The summed E-state index contributed by atoms with van der Waals surface area (Å²) < 4.78 is 72.1. The Labute approximate surface area is 201 Å². The molecule has 1 aliphatic rings. The number of nitriles is 2. The molecule has 1 amide bonds. The van der Waals surface area contributed by atoms with Crippen LogP contribution in [0.25, 0.3) is 0 Å². The minimum atomic E-state index is -5.26. The second kappa shape index (κ2) is 9.55. The van der Waals surface area contributed by atoms with Crippen molar-refractivity contribution in [2.45, 2.75) is 17.1 Å². The number of carbonyl (C=O) groups is 1. The number of nitro benzene ring substituents is 1. The molecular weight excluding hydrogens is 507 g/mol. The molecule has 0 aromatic heterocycles. The summed E-state index contributed by atoms with van der Waals surface area (Å²) >= 11 is 0. The zero-order valence-corrected chi connectivity index (χ0v) is 18.9. The highest BCUT2D eigenvalue weighted by molar-refractivity contribution is 7.90. The van der Waals surface area contributed by atoms with Crippen LogP contribution in [0.3, 0.4) is 0 Å². The van der Waals surface area contributed by atoms with Gasteiger partial charge in [0.2, 0.25) is 0 Å². The monoisotopic (exact) mass is 521 g/mol. The van der Waals surface area contributed by atoms with Crippen LogP contribution < -0.4 is 10.1 Å². The Kier molecular flexibility index (Phi) is 6.89. The molecule has 0 bridgehead atoms. The highest BCUT2D eigenvalue weighted by atomic mass is 32.2. The van der Waals surface area contributed by atoms with Crippen LogP contribution in [0.2, 0.25) is 0 Å². The second-order valence-electron chi connectivity index (χ2n) is 7.35. The molecule has 11 nitrogen and oxygen atoms in total. The molecule has 186 valence electrons. The topological polar surface area (TPSA) is 166 Å². The molecule has 2 aromatic carbocycles. The van der Waals surface area contributed by atoms with Crippen LogP contribution in [0.15, 0.2) is 53.1 Å². The fourth-order valence-corrected chi connectivity index (χ4v) is 4.78. The molecule has 0 aliphatic carbocycles. The van der Waals surface area contributed by atoms with Crippen LogP contribution in [-0.4, -0.2) is 37.3 Å². The molecule has 36 heavy (non-hydrogen) atoms.